The standard InChI is InChI=1S/C16H22O2/c1-2-15-12-14(16(17)18-15)11-7-6-10-13-8-4-3-5-9-13/h2,13-15H,1,3-5,7-9,11-12H2/t14-,15-/m0/s1. The molecule has 0 radical (unpaired) electrons. The summed E-state index contributed by atoms with van der Waals surface area (Å²) in [6.45, 7) is 3.66. The average Bonchev–Trinajstić information content (AvgIpc) is 2.77. The third-order valence-corrected chi connectivity index (χ3v) is 3.91. The number of carbonyl (C=O) groups excluding carboxylic acids is 1. The first kappa shape index (κ1) is 13.2. The molecule has 2 fully saturated rings. The van der Waals surface area contributed by atoms with Crippen LogP contribution >= 0.6 is 0 Å². The molecule has 0 aromatic heterocycles. The summed E-state index contributed by atoms with van der Waals surface area (Å²) in [5.41, 5.74) is 0. The number of ether oxygens (including phenoxy) is 1. The van der Waals surface area contributed by atoms with E-state index < -0.39 is 0 Å². The van der Waals surface area contributed by atoms with Crippen LogP contribution in [0.2, 0.25) is 0 Å². The summed E-state index contributed by atoms with van der Waals surface area (Å²) >= 11 is 0. The Morgan fingerprint density at radius 1 is 1.33 bits per heavy atom. The van der Waals surface area contributed by atoms with Crippen LogP contribution in [0.25, 0.3) is 0 Å². The summed E-state index contributed by atoms with van der Waals surface area (Å²) in [6.07, 6.45) is 10.6. The van der Waals surface area contributed by atoms with Gasteiger partial charge >= 0.3 is 5.97 Å². The highest BCUT2D eigenvalue weighted by atomic mass is 16.5. The second-order valence-electron chi connectivity index (χ2n) is 5.34. The minimum atomic E-state index is -0.0752. The van der Waals surface area contributed by atoms with Gasteiger partial charge in [-0.05, 0) is 19.3 Å². The Hall–Kier alpha value is -1.23. The van der Waals surface area contributed by atoms with Crippen LogP contribution < -0.4 is 0 Å². The molecule has 1 heterocycles. The molecule has 2 aliphatic rings. The monoisotopic (exact) mass is 246 g/mol. The number of hydrogen-bond donors (Lipinski definition) is 0. The van der Waals surface area contributed by atoms with Gasteiger partial charge in [-0.1, -0.05) is 37.8 Å². The number of cyclic esters (lactones) is 1. The Labute approximate surface area is 110 Å². The van der Waals surface area contributed by atoms with Crippen LogP contribution in [0.5, 0.6) is 0 Å². The topological polar surface area (TPSA) is 26.3 Å². The third-order valence-electron chi connectivity index (χ3n) is 3.91. The van der Waals surface area contributed by atoms with Crippen molar-refractivity contribution in [2.45, 2.75) is 57.5 Å². The van der Waals surface area contributed by atoms with Crippen molar-refractivity contribution in [2.75, 3.05) is 0 Å². The Morgan fingerprint density at radius 3 is 2.78 bits per heavy atom. The van der Waals surface area contributed by atoms with Gasteiger partial charge in [0, 0.05) is 18.8 Å². The van der Waals surface area contributed by atoms with Crippen molar-refractivity contribution in [1.29, 1.82) is 0 Å². The molecular weight excluding hydrogens is 224 g/mol. The number of rotatable bonds is 3. The van der Waals surface area contributed by atoms with Crippen LogP contribution in [0.15, 0.2) is 12.7 Å². The molecule has 0 aromatic rings. The van der Waals surface area contributed by atoms with E-state index in [1.165, 1.54) is 32.1 Å². The zero-order valence-electron chi connectivity index (χ0n) is 11.0. The van der Waals surface area contributed by atoms with Crippen LogP contribution in [-0.4, -0.2) is 12.1 Å². The molecule has 1 saturated heterocycles. The maximum Gasteiger partial charge on any atom is 0.309 e. The van der Waals surface area contributed by atoms with Crippen LogP contribution in [-0.2, 0) is 9.53 Å². The van der Waals surface area contributed by atoms with Gasteiger partial charge in [-0.3, -0.25) is 4.79 Å². The second kappa shape index (κ2) is 6.64. The highest BCUT2D eigenvalue weighted by Crippen LogP contribution is 2.26. The molecule has 0 bridgehead atoms. The van der Waals surface area contributed by atoms with Crippen molar-refractivity contribution in [2.24, 2.45) is 11.8 Å². The Morgan fingerprint density at radius 2 is 2.11 bits per heavy atom. The maximum absolute atomic E-state index is 11.5. The van der Waals surface area contributed by atoms with Crippen molar-refractivity contribution in [3.8, 4) is 11.8 Å². The summed E-state index contributed by atoms with van der Waals surface area (Å²) in [5, 5.41) is 0. The third kappa shape index (κ3) is 3.63. The minimum Gasteiger partial charge on any atom is -0.458 e. The van der Waals surface area contributed by atoms with E-state index in [9.17, 15) is 4.79 Å². The van der Waals surface area contributed by atoms with Gasteiger partial charge in [-0.15, -0.1) is 5.92 Å². The first-order valence-corrected chi connectivity index (χ1v) is 7.11. The zero-order chi connectivity index (χ0) is 12.8. The van der Waals surface area contributed by atoms with Gasteiger partial charge < -0.3 is 4.74 Å². The first-order chi connectivity index (χ1) is 8.79. The molecule has 98 valence electrons. The quantitative estimate of drug-likeness (QED) is 0.433. The lowest BCUT2D eigenvalue weighted by molar-refractivity contribution is -0.143. The molecule has 2 nitrogen and oxygen atoms in total. The fraction of sp³-hybridized carbons (Fsp3) is 0.688. The molecule has 0 N–H and O–H groups in total. The van der Waals surface area contributed by atoms with E-state index in [4.69, 9.17) is 4.74 Å². The number of hydrogen-bond acceptors (Lipinski definition) is 2. The predicted octanol–water partition coefficient (Wildman–Crippen LogP) is 3.47. The molecule has 0 spiro atoms. The second-order valence-corrected chi connectivity index (χ2v) is 5.34. The lowest BCUT2D eigenvalue weighted by atomic mass is 9.89. The Balaban J connectivity index is 1.70. The van der Waals surface area contributed by atoms with Gasteiger partial charge in [0.05, 0.1) is 5.92 Å². The SMILES string of the molecule is C=C[C@H]1C[C@H](CCC#CC2CCCCC2)C(=O)O1. The lowest BCUT2D eigenvalue weighted by Crippen LogP contribution is -2.07. The first-order valence-electron chi connectivity index (χ1n) is 7.11. The number of carbonyl (C=O) groups is 1. The van der Waals surface area contributed by atoms with E-state index >= 15 is 0 Å². The van der Waals surface area contributed by atoms with Crippen LogP contribution in [0, 0.1) is 23.7 Å². The molecular formula is C16H22O2. The predicted molar refractivity (Wildman–Crippen MR) is 71.8 cm³/mol. The van der Waals surface area contributed by atoms with Crippen molar-refractivity contribution in [3.05, 3.63) is 12.7 Å². The van der Waals surface area contributed by atoms with Gasteiger partial charge in [0.15, 0.2) is 0 Å². The maximum atomic E-state index is 11.5. The van der Waals surface area contributed by atoms with Gasteiger partial charge in [0.1, 0.15) is 6.10 Å². The van der Waals surface area contributed by atoms with Crippen molar-refractivity contribution >= 4 is 5.97 Å². The molecule has 0 aromatic carbocycles. The summed E-state index contributed by atoms with van der Waals surface area (Å²) < 4.78 is 5.16. The average molecular weight is 246 g/mol. The molecule has 1 aliphatic heterocycles. The molecule has 1 aliphatic carbocycles. The smallest absolute Gasteiger partial charge is 0.309 e. The molecule has 0 unspecified atom stereocenters. The molecule has 0 amide bonds. The largest absolute Gasteiger partial charge is 0.458 e. The van der Waals surface area contributed by atoms with Gasteiger partial charge in [-0.2, -0.15) is 0 Å². The van der Waals surface area contributed by atoms with Crippen LogP contribution in [0.3, 0.4) is 0 Å². The highest BCUT2D eigenvalue weighted by molar-refractivity contribution is 5.74. The van der Waals surface area contributed by atoms with Crippen molar-refractivity contribution in [1.82, 2.24) is 0 Å². The molecule has 2 heteroatoms. The minimum absolute atomic E-state index is 0.0358. The van der Waals surface area contributed by atoms with E-state index in [-0.39, 0.29) is 18.0 Å². The van der Waals surface area contributed by atoms with Gasteiger partial charge in [0.2, 0.25) is 0 Å². The van der Waals surface area contributed by atoms with Crippen molar-refractivity contribution < 1.29 is 9.53 Å². The van der Waals surface area contributed by atoms with E-state index in [2.05, 4.69) is 18.4 Å². The fourth-order valence-electron chi connectivity index (χ4n) is 2.76. The van der Waals surface area contributed by atoms with Crippen molar-refractivity contribution in [3.63, 3.8) is 0 Å². The van der Waals surface area contributed by atoms with E-state index in [0.717, 1.165) is 19.3 Å². The molecule has 1 saturated carbocycles. The fourth-order valence-corrected chi connectivity index (χ4v) is 2.76. The Bertz CT molecular complexity index is 355. The lowest BCUT2D eigenvalue weighted by Gasteiger charge is -2.15. The van der Waals surface area contributed by atoms with Gasteiger partial charge in [-0.25, -0.2) is 0 Å². The summed E-state index contributed by atoms with van der Waals surface area (Å²) in [4.78, 5) is 11.5. The van der Waals surface area contributed by atoms with E-state index in [0.29, 0.717) is 5.92 Å². The highest BCUT2D eigenvalue weighted by Gasteiger charge is 2.31. The summed E-state index contributed by atoms with van der Waals surface area (Å²) in [5.74, 6) is 7.19. The van der Waals surface area contributed by atoms with E-state index in [1.807, 2.05) is 0 Å². The van der Waals surface area contributed by atoms with E-state index in [1.54, 1.807) is 6.08 Å². The van der Waals surface area contributed by atoms with Crippen LogP contribution in [0.4, 0.5) is 0 Å². The number of esters is 1. The molecule has 18 heavy (non-hydrogen) atoms. The summed E-state index contributed by atoms with van der Waals surface area (Å²) in [6, 6.07) is 0. The van der Waals surface area contributed by atoms with Gasteiger partial charge in [0.25, 0.3) is 0 Å². The van der Waals surface area contributed by atoms with Crippen LogP contribution in [0.1, 0.15) is 51.4 Å². The molecule has 2 atom stereocenters. The Kier molecular flexibility index (Phi) is 4.87. The zero-order valence-corrected chi connectivity index (χ0v) is 11.0. The summed E-state index contributed by atoms with van der Waals surface area (Å²) in [7, 11) is 0. The normalized spacial score (nSPS) is 28.3. The molecule has 2 rings (SSSR count).